The first-order valence-electron chi connectivity index (χ1n) is 7.32. The van der Waals surface area contributed by atoms with Crippen LogP contribution in [0.3, 0.4) is 0 Å². The summed E-state index contributed by atoms with van der Waals surface area (Å²) in [6, 6.07) is 13.7. The largest absolute Gasteiger partial charge is 0.497 e. The van der Waals surface area contributed by atoms with Crippen molar-refractivity contribution >= 4 is 5.69 Å². The molecule has 0 amide bonds. The standard InChI is InChI=1S/C18H20FNO/c1-12-6-7-17(19)18(8-12)20-15-9-14(10-15)13-4-3-5-16(11-13)21-2/h3-8,11,14-15,20H,9-10H2,1-2H3. The minimum absolute atomic E-state index is 0.176. The lowest BCUT2D eigenvalue weighted by molar-refractivity contribution is 0.369. The van der Waals surface area contributed by atoms with Gasteiger partial charge in [0.25, 0.3) is 0 Å². The van der Waals surface area contributed by atoms with Gasteiger partial charge in [-0.2, -0.15) is 0 Å². The Morgan fingerprint density at radius 3 is 2.71 bits per heavy atom. The third kappa shape index (κ3) is 3.02. The van der Waals surface area contributed by atoms with Gasteiger partial charge in [0.2, 0.25) is 0 Å². The second-order valence-corrected chi connectivity index (χ2v) is 5.77. The molecule has 0 spiro atoms. The summed E-state index contributed by atoms with van der Waals surface area (Å²) in [7, 11) is 1.69. The van der Waals surface area contributed by atoms with Gasteiger partial charge in [-0.25, -0.2) is 4.39 Å². The molecule has 0 radical (unpaired) electrons. The fourth-order valence-electron chi connectivity index (χ4n) is 2.87. The van der Waals surface area contributed by atoms with Crippen LogP contribution in [0.25, 0.3) is 0 Å². The predicted octanol–water partition coefficient (Wildman–Crippen LogP) is 4.50. The molecule has 1 N–H and O–H groups in total. The molecule has 2 nitrogen and oxygen atoms in total. The van der Waals surface area contributed by atoms with Crippen molar-refractivity contribution in [2.75, 3.05) is 12.4 Å². The summed E-state index contributed by atoms with van der Waals surface area (Å²) < 4.78 is 19.0. The average Bonchev–Trinajstić information content (AvgIpc) is 2.46. The third-order valence-electron chi connectivity index (χ3n) is 4.18. The quantitative estimate of drug-likeness (QED) is 0.893. The van der Waals surface area contributed by atoms with Gasteiger partial charge in [-0.05, 0) is 61.1 Å². The molecule has 1 aliphatic carbocycles. The van der Waals surface area contributed by atoms with Crippen molar-refractivity contribution in [1.82, 2.24) is 0 Å². The number of rotatable bonds is 4. The molecule has 110 valence electrons. The Kier molecular flexibility index (Phi) is 3.82. The molecular weight excluding hydrogens is 265 g/mol. The maximum atomic E-state index is 13.7. The summed E-state index contributed by atoms with van der Waals surface area (Å²) in [5, 5.41) is 3.31. The topological polar surface area (TPSA) is 21.3 Å². The van der Waals surface area contributed by atoms with Crippen LogP contribution >= 0.6 is 0 Å². The van der Waals surface area contributed by atoms with E-state index in [9.17, 15) is 4.39 Å². The predicted molar refractivity (Wildman–Crippen MR) is 83.5 cm³/mol. The first-order valence-corrected chi connectivity index (χ1v) is 7.32. The second-order valence-electron chi connectivity index (χ2n) is 5.77. The van der Waals surface area contributed by atoms with E-state index in [4.69, 9.17) is 4.74 Å². The number of halogens is 1. The van der Waals surface area contributed by atoms with Crippen molar-refractivity contribution in [1.29, 1.82) is 0 Å². The van der Waals surface area contributed by atoms with Gasteiger partial charge in [-0.15, -0.1) is 0 Å². The Morgan fingerprint density at radius 2 is 1.95 bits per heavy atom. The molecule has 0 saturated heterocycles. The van der Waals surface area contributed by atoms with Crippen molar-refractivity contribution in [2.45, 2.75) is 31.7 Å². The summed E-state index contributed by atoms with van der Waals surface area (Å²) in [5.41, 5.74) is 2.99. The smallest absolute Gasteiger partial charge is 0.146 e. The van der Waals surface area contributed by atoms with Gasteiger partial charge in [0, 0.05) is 6.04 Å². The molecule has 0 unspecified atom stereocenters. The van der Waals surface area contributed by atoms with Crippen LogP contribution in [0.2, 0.25) is 0 Å². The summed E-state index contributed by atoms with van der Waals surface area (Å²) >= 11 is 0. The molecule has 21 heavy (non-hydrogen) atoms. The molecule has 0 aromatic heterocycles. The number of aryl methyl sites for hydroxylation is 1. The Morgan fingerprint density at radius 1 is 1.14 bits per heavy atom. The lowest BCUT2D eigenvalue weighted by Crippen LogP contribution is -2.34. The SMILES string of the molecule is COc1cccc(C2CC(Nc3cc(C)ccc3F)C2)c1. The fraction of sp³-hybridized carbons (Fsp3) is 0.333. The number of hydrogen-bond donors (Lipinski definition) is 1. The van der Waals surface area contributed by atoms with E-state index < -0.39 is 0 Å². The van der Waals surface area contributed by atoms with Crippen LogP contribution in [-0.2, 0) is 0 Å². The first kappa shape index (κ1) is 13.9. The summed E-state index contributed by atoms with van der Waals surface area (Å²) in [5.74, 6) is 1.25. The Bertz CT molecular complexity index is 635. The number of methoxy groups -OCH3 is 1. The minimum Gasteiger partial charge on any atom is -0.497 e. The van der Waals surface area contributed by atoms with Crippen LogP contribution in [0.5, 0.6) is 5.75 Å². The number of ether oxygens (including phenoxy) is 1. The van der Waals surface area contributed by atoms with E-state index in [1.54, 1.807) is 13.2 Å². The number of benzene rings is 2. The van der Waals surface area contributed by atoms with E-state index in [-0.39, 0.29) is 5.82 Å². The van der Waals surface area contributed by atoms with Crippen LogP contribution in [0, 0.1) is 12.7 Å². The van der Waals surface area contributed by atoms with Crippen LogP contribution in [0.1, 0.15) is 29.9 Å². The lowest BCUT2D eigenvalue weighted by Gasteiger charge is -2.37. The molecule has 1 aliphatic rings. The summed E-state index contributed by atoms with van der Waals surface area (Å²) in [4.78, 5) is 0. The molecule has 0 bridgehead atoms. The lowest BCUT2D eigenvalue weighted by atomic mass is 9.75. The number of anilines is 1. The van der Waals surface area contributed by atoms with Gasteiger partial charge >= 0.3 is 0 Å². The fourth-order valence-corrected chi connectivity index (χ4v) is 2.87. The van der Waals surface area contributed by atoms with Gasteiger partial charge in [-0.1, -0.05) is 18.2 Å². The maximum absolute atomic E-state index is 13.7. The molecule has 2 aromatic carbocycles. The molecule has 2 aromatic rings. The van der Waals surface area contributed by atoms with E-state index in [1.807, 2.05) is 25.1 Å². The minimum atomic E-state index is -0.176. The molecule has 1 saturated carbocycles. The van der Waals surface area contributed by atoms with E-state index in [0.717, 1.165) is 24.2 Å². The third-order valence-corrected chi connectivity index (χ3v) is 4.18. The zero-order valence-electron chi connectivity index (χ0n) is 12.4. The van der Waals surface area contributed by atoms with E-state index >= 15 is 0 Å². The second kappa shape index (κ2) is 5.76. The molecule has 1 fully saturated rings. The monoisotopic (exact) mass is 285 g/mol. The highest BCUT2D eigenvalue weighted by molar-refractivity contribution is 5.48. The zero-order valence-corrected chi connectivity index (χ0v) is 12.4. The van der Waals surface area contributed by atoms with Crippen molar-refractivity contribution in [3.05, 3.63) is 59.4 Å². The van der Waals surface area contributed by atoms with Crippen molar-refractivity contribution in [3.8, 4) is 5.75 Å². The van der Waals surface area contributed by atoms with E-state index in [2.05, 4.69) is 17.4 Å². The summed E-state index contributed by atoms with van der Waals surface area (Å²) in [6.07, 6.45) is 2.06. The molecule has 0 atom stereocenters. The molecular formula is C18H20FNO. The van der Waals surface area contributed by atoms with Crippen LogP contribution in [-0.4, -0.2) is 13.2 Å². The van der Waals surface area contributed by atoms with Crippen molar-refractivity contribution < 1.29 is 9.13 Å². The normalized spacial score (nSPS) is 20.7. The van der Waals surface area contributed by atoms with Gasteiger partial charge < -0.3 is 10.1 Å². The molecule has 0 aliphatic heterocycles. The Hall–Kier alpha value is -2.03. The zero-order chi connectivity index (χ0) is 14.8. The van der Waals surface area contributed by atoms with Crippen LogP contribution in [0.15, 0.2) is 42.5 Å². The maximum Gasteiger partial charge on any atom is 0.146 e. The van der Waals surface area contributed by atoms with Gasteiger partial charge in [-0.3, -0.25) is 0 Å². The van der Waals surface area contributed by atoms with Crippen molar-refractivity contribution in [3.63, 3.8) is 0 Å². The van der Waals surface area contributed by atoms with E-state index in [0.29, 0.717) is 17.6 Å². The average molecular weight is 285 g/mol. The Labute approximate surface area is 125 Å². The highest BCUT2D eigenvalue weighted by atomic mass is 19.1. The highest BCUT2D eigenvalue weighted by Gasteiger charge is 2.30. The number of hydrogen-bond acceptors (Lipinski definition) is 2. The van der Waals surface area contributed by atoms with E-state index in [1.165, 1.54) is 11.6 Å². The van der Waals surface area contributed by atoms with Gasteiger partial charge in [0.1, 0.15) is 11.6 Å². The molecule has 0 heterocycles. The van der Waals surface area contributed by atoms with Gasteiger partial charge in [0.05, 0.1) is 12.8 Å². The highest BCUT2D eigenvalue weighted by Crippen LogP contribution is 2.39. The molecule has 3 heteroatoms. The van der Waals surface area contributed by atoms with Crippen molar-refractivity contribution in [2.24, 2.45) is 0 Å². The Balaban J connectivity index is 1.61. The van der Waals surface area contributed by atoms with Crippen LogP contribution in [0.4, 0.5) is 10.1 Å². The summed E-state index contributed by atoms with van der Waals surface area (Å²) in [6.45, 7) is 1.98. The first-order chi connectivity index (χ1) is 10.2. The van der Waals surface area contributed by atoms with Gasteiger partial charge in [0.15, 0.2) is 0 Å². The van der Waals surface area contributed by atoms with Crippen LogP contribution < -0.4 is 10.1 Å². The molecule has 3 rings (SSSR count). The number of nitrogens with one attached hydrogen (secondary N) is 1.